The summed E-state index contributed by atoms with van der Waals surface area (Å²) in [4.78, 5) is 23.2. The normalized spacial score (nSPS) is 11.4. The molecule has 4 rings (SSSR count). The highest BCUT2D eigenvalue weighted by Crippen LogP contribution is 2.23. The third-order valence-electron chi connectivity index (χ3n) is 3.96. The van der Waals surface area contributed by atoms with Crippen molar-refractivity contribution in [3.05, 3.63) is 64.3 Å². The van der Waals surface area contributed by atoms with Gasteiger partial charge in [0, 0.05) is 18.9 Å². The molecule has 3 heterocycles. The highest BCUT2D eigenvalue weighted by Gasteiger charge is 2.14. The summed E-state index contributed by atoms with van der Waals surface area (Å²) in [5.41, 5.74) is 1.37. The Labute approximate surface area is 150 Å². The van der Waals surface area contributed by atoms with Gasteiger partial charge in [-0.3, -0.25) is 9.55 Å². The van der Waals surface area contributed by atoms with Crippen molar-refractivity contribution in [2.75, 3.05) is 7.11 Å². The molecule has 4 aromatic rings. The van der Waals surface area contributed by atoms with Gasteiger partial charge in [0.1, 0.15) is 13.2 Å². The molecule has 0 fully saturated rings. The molecule has 0 spiro atoms. The maximum absolute atomic E-state index is 13.5. The van der Waals surface area contributed by atoms with Gasteiger partial charge >= 0.3 is 5.69 Å². The van der Waals surface area contributed by atoms with Crippen LogP contribution >= 0.6 is 0 Å². The van der Waals surface area contributed by atoms with Gasteiger partial charge in [-0.15, -0.1) is 0 Å². The lowest BCUT2D eigenvalue weighted by atomic mass is 10.1. The Bertz CT molecular complexity index is 1180. The van der Waals surface area contributed by atoms with Crippen molar-refractivity contribution in [2.24, 2.45) is 0 Å². The molecule has 0 aliphatic carbocycles. The van der Waals surface area contributed by atoms with Crippen LogP contribution < -0.4 is 5.69 Å². The minimum absolute atomic E-state index is 0.0262. The zero-order chi connectivity index (χ0) is 19.0. The summed E-state index contributed by atoms with van der Waals surface area (Å²) in [7, 11) is 1.51. The predicted molar refractivity (Wildman–Crippen MR) is 89.8 cm³/mol. The van der Waals surface area contributed by atoms with Crippen LogP contribution in [0.5, 0.6) is 0 Å². The van der Waals surface area contributed by atoms with Crippen molar-refractivity contribution in [3.8, 4) is 11.1 Å². The third kappa shape index (κ3) is 3.22. The highest BCUT2D eigenvalue weighted by atomic mass is 19.2. The number of ether oxygens (including phenoxy) is 1. The van der Waals surface area contributed by atoms with Crippen LogP contribution in [-0.2, 0) is 17.9 Å². The Kier molecular flexibility index (Phi) is 4.24. The highest BCUT2D eigenvalue weighted by molar-refractivity contribution is 5.78. The molecule has 3 aromatic heterocycles. The lowest BCUT2D eigenvalue weighted by molar-refractivity contribution is 0.174. The van der Waals surface area contributed by atoms with E-state index in [0.717, 1.165) is 12.1 Å². The fourth-order valence-electron chi connectivity index (χ4n) is 2.70. The number of nitrogens with one attached hydrogen (secondary N) is 1. The summed E-state index contributed by atoms with van der Waals surface area (Å²) in [6, 6.07) is 5.20. The fourth-order valence-corrected chi connectivity index (χ4v) is 2.70. The first-order valence-electron chi connectivity index (χ1n) is 7.89. The van der Waals surface area contributed by atoms with Crippen LogP contribution in [0.3, 0.4) is 0 Å². The SMILES string of the molecule is COCc1noc(Cn2c(=O)[nH]c3ncc(-c4ccc(F)c(F)c4)cc32)n1. The van der Waals surface area contributed by atoms with Crippen LogP contribution in [0, 0.1) is 11.6 Å². The Balaban J connectivity index is 1.75. The van der Waals surface area contributed by atoms with E-state index in [1.54, 1.807) is 6.07 Å². The molecule has 138 valence electrons. The van der Waals surface area contributed by atoms with Crippen molar-refractivity contribution in [2.45, 2.75) is 13.2 Å². The third-order valence-corrected chi connectivity index (χ3v) is 3.96. The van der Waals surface area contributed by atoms with Gasteiger partial charge in [-0.05, 0) is 23.8 Å². The average Bonchev–Trinajstić information content (AvgIpc) is 3.22. The minimum Gasteiger partial charge on any atom is -0.377 e. The molecule has 0 aliphatic heterocycles. The number of imidazole rings is 1. The molecule has 0 radical (unpaired) electrons. The van der Waals surface area contributed by atoms with Gasteiger partial charge in [-0.2, -0.15) is 4.98 Å². The Hall–Kier alpha value is -3.40. The molecule has 8 nitrogen and oxygen atoms in total. The number of aromatic amines is 1. The lowest BCUT2D eigenvalue weighted by Gasteiger charge is -2.04. The predicted octanol–water partition coefficient (Wildman–Crippen LogP) is 2.25. The largest absolute Gasteiger partial charge is 0.377 e. The molecule has 10 heteroatoms. The minimum atomic E-state index is -0.962. The van der Waals surface area contributed by atoms with Crippen LogP contribution in [0.4, 0.5) is 8.78 Å². The first-order valence-corrected chi connectivity index (χ1v) is 7.89. The fraction of sp³-hybridized carbons (Fsp3) is 0.176. The van der Waals surface area contributed by atoms with Gasteiger partial charge in [-0.25, -0.2) is 18.6 Å². The zero-order valence-corrected chi connectivity index (χ0v) is 14.1. The monoisotopic (exact) mass is 373 g/mol. The Morgan fingerprint density at radius 1 is 1.22 bits per heavy atom. The van der Waals surface area contributed by atoms with Crippen LogP contribution in [0.15, 0.2) is 39.8 Å². The lowest BCUT2D eigenvalue weighted by Crippen LogP contribution is -2.17. The maximum Gasteiger partial charge on any atom is 0.328 e. The number of nitrogens with zero attached hydrogens (tertiary/aromatic N) is 4. The van der Waals surface area contributed by atoms with E-state index in [-0.39, 0.29) is 19.0 Å². The summed E-state index contributed by atoms with van der Waals surface area (Å²) in [5.74, 6) is -1.31. The van der Waals surface area contributed by atoms with Crippen molar-refractivity contribution in [3.63, 3.8) is 0 Å². The number of halogens is 2. The number of H-pyrrole nitrogens is 1. The molecule has 0 saturated heterocycles. The van der Waals surface area contributed by atoms with Crippen LogP contribution in [0.25, 0.3) is 22.3 Å². The van der Waals surface area contributed by atoms with Crippen LogP contribution in [-0.4, -0.2) is 31.8 Å². The van der Waals surface area contributed by atoms with E-state index in [4.69, 9.17) is 9.26 Å². The van der Waals surface area contributed by atoms with Gasteiger partial charge in [-0.1, -0.05) is 11.2 Å². The number of methoxy groups -OCH3 is 1. The van der Waals surface area contributed by atoms with Crippen molar-refractivity contribution < 1.29 is 18.0 Å². The van der Waals surface area contributed by atoms with E-state index in [1.165, 1.54) is 23.9 Å². The van der Waals surface area contributed by atoms with Crippen molar-refractivity contribution >= 4 is 11.2 Å². The molecule has 0 unspecified atom stereocenters. The number of rotatable bonds is 5. The number of hydrogen-bond acceptors (Lipinski definition) is 6. The summed E-state index contributed by atoms with van der Waals surface area (Å²) in [6.07, 6.45) is 1.47. The molecule has 1 aromatic carbocycles. The van der Waals surface area contributed by atoms with E-state index >= 15 is 0 Å². The second-order valence-corrected chi connectivity index (χ2v) is 5.77. The van der Waals surface area contributed by atoms with Crippen LogP contribution in [0.1, 0.15) is 11.7 Å². The summed E-state index contributed by atoms with van der Waals surface area (Å²) in [6.45, 7) is 0.215. The molecule has 27 heavy (non-hydrogen) atoms. The van der Waals surface area contributed by atoms with E-state index in [1.807, 2.05) is 0 Å². The molecule has 0 amide bonds. The topological polar surface area (TPSA) is 98.8 Å². The second kappa shape index (κ2) is 6.72. The standard InChI is InChI=1S/C17H13F2N5O3/c1-26-8-14-21-15(27-23-14)7-24-13-5-10(6-20-16(13)22-17(24)25)9-2-3-11(18)12(19)4-9/h2-6H,7-8H2,1H3,(H,20,22,25). The summed E-state index contributed by atoms with van der Waals surface area (Å²) in [5, 5.41) is 3.75. The van der Waals surface area contributed by atoms with E-state index in [0.29, 0.717) is 28.1 Å². The molecular weight excluding hydrogens is 360 g/mol. The van der Waals surface area contributed by atoms with Crippen LogP contribution in [0.2, 0.25) is 0 Å². The van der Waals surface area contributed by atoms with E-state index < -0.39 is 17.3 Å². The Morgan fingerprint density at radius 3 is 2.85 bits per heavy atom. The second-order valence-electron chi connectivity index (χ2n) is 5.77. The van der Waals surface area contributed by atoms with Crippen molar-refractivity contribution in [1.82, 2.24) is 24.7 Å². The molecule has 1 N–H and O–H groups in total. The number of fused-ring (bicyclic) bond motifs is 1. The Morgan fingerprint density at radius 2 is 2.07 bits per heavy atom. The summed E-state index contributed by atoms with van der Waals surface area (Å²) < 4.78 is 38.1. The van der Waals surface area contributed by atoms with E-state index in [9.17, 15) is 13.6 Å². The number of aromatic nitrogens is 5. The van der Waals surface area contributed by atoms with Gasteiger partial charge < -0.3 is 9.26 Å². The number of pyridine rings is 1. The smallest absolute Gasteiger partial charge is 0.328 e. The quantitative estimate of drug-likeness (QED) is 0.576. The van der Waals surface area contributed by atoms with Gasteiger partial charge in [0.2, 0.25) is 5.89 Å². The van der Waals surface area contributed by atoms with Gasteiger partial charge in [0.25, 0.3) is 0 Å². The number of benzene rings is 1. The first kappa shape index (κ1) is 17.0. The molecule has 0 atom stereocenters. The van der Waals surface area contributed by atoms with Crippen molar-refractivity contribution in [1.29, 1.82) is 0 Å². The maximum atomic E-state index is 13.5. The van der Waals surface area contributed by atoms with Gasteiger partial charge in [0.15, 0.2) is 23.1 Å². The molecule has 0 aliphatic rings. The molecule has 0 bridgehead atoms. The van der Waals surface area contributed by atoms with Gasteiger partial charge in [0.05, 0.1) is 5.52 Å². The zero-order valence-electron chi connectivity index (χ0n) is 14.1. The number of hydrogen-bond donors (Lipinski definition) is 1. The molecule has 0 saturated carbocycles. The molecular formula is C17H13F2N5O3. The van der Waals surface area contributed by atoms with E-state index in [2.05, 4.69) is 20.1 Å². The first-order chi connectivity index (χ1) is 13.0. The average molecular weight is 373 g/mol. The summed E-state index contributed by atoms with van der Waals surface area (Å²) >= 11 is 0.